The monoisotopic (exact) mass is 359 g/mol. The average molecular weight is 359 g/mol. The molecule has 0 aliphatic carbocycles. The summed E-state index contributed by atoms with van der Waals surface area (Å²) in [6, 6.07) is 6.93. The predicted molar refractivity (Wildman–Crippen MR) is 101 cm³/mol. The molecule has 0 aliphatic heterocycles. The van der Waals surface area contributed by atoms with Gasteiger partial charge in [0.2, 0.25) is 5.95 Å². The molecular weight excluding hydrogens is 334 g/mol. The molecule has 1 amide bonds. The Bertz CT molecular complexity index is 729. The van der Waals surface area contributed by atoms with Gasteiger partial charge in [0.15, 0.2) is 0 Å². The lowest BCUT2D eigenvalue weighted by atomic mass is 10.2. The lowest BCUT2D eigenvalue weighted by molar-refractivity contribution is 0.0954. The van der Waals surface area contributed by atoms with Gasteiger partial charge in [0.05, 0.1) is 14.2 Å². The zero-order valence-corrected chi connectivity index (χ0v) is 15.5. The van der Waals surface area contributed by atoms with Crippen LogP contribution in [0.25, 0.3) is 0 Å². The van der Waals surface area contributed by atoms with Gasteiger partial charge in [-0.1, -0.05) is 0 Å². The van der Waals surface area contributed by atoms with Crippen molar-refractivity contribution >= 4 is 17.7 Å². The summed E-state index contributed by atoms with van der Waals surface area (Å²) in [5.74, 6) is 2.23. The summed E-state index contributed by atoms with van der Waals surface area (Å²) in [7, 11) is 3.09. The van der Waals surface area contributed by atoms with Gasteiger partial charge in [-0.15, -0.1) is 0 Å². The third-order valence-electron chi connectivity index (χ3n) is 3.52. The van der Waals surface area contributed by atoms with Crippen LogP contribution in [0.15, 0.2) is 24.3 Å². The molecule has 0 fully saturated rings. The van der Waals surface area contributed by atoms with Crippen molar-refractivity contribution in [1.82, 2.24) is 15.3 Å². The minimum Gasteiger partial charge on any atom is -0.497 e. The Morgan fingerprint density at radius 2 is 1.69 bits per heavy atom. The normalized spacial score (nSPS) is 10.2. The molecule has 1 aromatic heterocycles. The highest BCUT2D eigenvalue weighted by Crippen LogP contribution is 2.22. The second-order valence-corrected chi connectivity index (χ2v) is 5.53. The number of carbonyl (C=O) groups is 1. The van der Waals surface area contributed by atoms with Crippen molar-refractivity contribution in [3.8, 4) is 11.5 Å². The van der Waals surface area contributed by atoms with E-state index in [4.69, 9.17) is 9.47 Å². The Kier molecular flexibility index (Phi) is 7.02. The zero-order chi connectivity index (χ0) is 18.9. The van der Waals surface area contributed by atoms with Gasteiger partial charge in [0, 0.05) is 43.0 Å². The fourth-order valence-electron chi connectivity index (χ4n) is 2.31. The highest BCUT2D eigenvalue weighted by molar-refractivity contribution is 5.95. The summed E-state index contributed by atoms with van der Waals surface area (Å²) in [5.41, 5.74) is 1.34. The van der Waals surface area contributed by atoms with Crippen LogP contribution in [0.2, 0.25) is 0 Å². The lowest BCUT2D eigenvalue weighted by Gasteiger charge is -2.11. The van der Waals surface area contributed by atoms with Crippen LogP contribution in [-0.4, -0.2) is 49.7 Å². The molecule has 3 N–H and O–H groups in total. The maximum Gasteiger partial charge on any atom is 0.251 e. The number of nitrogens with one attached hydrogen (secondary N) is 3. The number of rotatable bonds is 9. The van der Waals surface area contributed by atoms with Gasteiger partial charge < -0.3 is 25.4 Å². The molecule has 1 heterocycles. The van der Waals surface area contributed by atoms with Gasteiger partial charge in [-0.05, 0) is 26.0 Å². The van der Waals surface area contributed by atoms with Crippen LogP contribution in [0.1, 0.15) is 23.0 Å². The maximum atomic E-state index is 12.3. The van der Waals surface area contributed by atoms with E-state index in [0.717, 1.165) is 18.1 Å². The highest BCUT2D eigenvalue weighted by Gasteiger charge is 2.09. The molecular formula is C18H25N5O3. The quantitative estimate of drug-likeness (QED) is 0.590. The maximum absolute atomic E-state index is 12.3. The van der Waals surface area contributed by atoms with Crippen LogP contribution in [-0.2, 0) is 0 Å². The molecule has 0 bridgehead atoms. The number of hydrogen-bond donors (Lipinski definition) is 3. The Morgan fingerprint density at radius 1 is 1.00 bits per heavy atom. The van der Waals surface area contributed by atoms with Gasteiger partial charge in [-0.25, -0.2) is 4.98 Å². The number of aryl methyl sites for hydroxylation is 1. The van der Waals surface area contributed by atoms with E-state index in [0.29, 0.717) is 36.1 Å². The van der Waals surface area contributed by atoms with Gasteiger partial charge in [0.25, 0.3) is 5.91 Å². The standard InChI is InChI=1S/C18H25N5O3/c1-5-19-16-8-12(2)22-18(23-16)21-7-6-20-17(24)13-9-14(25-3)11-15(10-13)26-4/h8-11H,5-7H2,1-4H3,(H,20,24)(H2,19,21,22,23). The number of anilines is 2. The van der Waals surface area contributed by atoms with Crippen LogP contribution in [0, 0.1) is 6.92 Å². The number of amides is 1. The van der Waals surface area contributed by atoms with Crippen molar-refractivity contribution in [2.24, 2.45) is 0 Å². The molecule has 1 aromatic carbocycles. The van der Waals surface area contributed by atoms with E-state index >= 15 is 0 Å². The van der Waals surface area contributed by atoms with Gasteiger partial charge >= 0.3 is 0 Å². The molecule has 140 valence electrons. The fraction of sp³-hybridized carbons (Fsp3) is 0.389. The topological polar surface area (TPSA) is 97.4 Å². The first-order chi connectivity index (χ1) is 12.5. The number of nitrogens with zero attached hydrogens (tertiary/aromatic N) is 2. The molecule has 0 saturated carbocycles. The van der Waals surface area contributed by atoms with Crippen molar-refractivity contribution in [1.29, 1.82) is 0 Å². The van der Waals surface area contributed by atoms with Crippen LogP contribution in [0.4, 0.5) is 11.8 Å². The third kappa shape index (κ3) is 5.51. The number of carbonyl (C=O) groups excluding carboxylic acids is 1. The van der Waals surface area contributed by atoms with E-state index in [1.165, 1.54) is 0 Å². The summed E-state index contributed by atoms with van der Waals surface area (Å²) in [6.07, 6.45) is 0. The molecule has 0 unspecified atom stereocenters. The largest absolute Gasteiger partial charge is 0.497 e. The molecule has 2 aromatic rings. The van der Waals surface area contributed by atoms with E-state index < -0.39 is 0 Å². The molecule has 2 rings (SSSR count). The van der Waals surface area contributed by atoms with Crippen LogP contribution in [0.5, 0.6) is 11.5 Å². The Balaban J connectivity index is 1.89. The summed E-state index contributed by atoms with van der Waals surface area (Å²) < 4.78 is 10.4. The van der Waals surface area contributed by atoms with E-state index in [1.54, 1.807) is 32.4 Å². The van der Waals surface area contributed by atoms with Gasteiger partial charge in [0.1, 0.15) is 17.3 Å². The molecule has 0 saturated heterocycles. The number of hydrogen-bond acceptors (Lipinski definition) is 7. The average Bonchev–Trinajstić information content (AvgIpc) is 2.64. The lowest BCUT2D eigenvalue weighted by Crippen LogP contribution is -2.29. The number of ether oxygens (including phenoxy) is 2. The van der Waals surface area contributed by atoms with Crippen LogP contribution in [0.3, 0.4) is 0 Å². The number of methoxy groups -OCH3 is 2. The molecule has 26 heavy (non-hydrogen) atoms. The molecule has 0 spiro atoms. The smallest absolute Gasteiger partial charge is 0.251 e. The number of benzene rings is 1. The van der Waals surface area contributed by atoms with E-state index in [9.17, 15) is 4.79 Å². The Labute approximate surface area is 153 Å². The third-order valence-corrected chi connectivity index (χ3v) is 3.52. The summed E-state index contributed by atoms with van der Waals surface area (Å²) >= 11 is 0. The first-order valence-corrected chi connectivity index (χ1v) is 8.40. The highest BCUT2D eigenvalue weighted by atomic mass is 16.5. The van der Waals surface area contributed by atoms with Crippen molar-refractivity contribution in [2.75, 3.05) is 44.5 Å². The molecule has 0 radical (unpaired) electrons. The summed E-state index contributed by atoms with van der Waals surface area (Å²) in [4.78, 5) is 21.0. The summed E-state index contributed by atoms with van der Waals surface area (Å²) in [6.45, 7) is 5.63. The van der Waals surface area contributed by atoms with E-state index in [1.807, 2.05) is 19.9 Å². The molecule has 0 aliphatic rings. The molecule has 0 atom stereocenters. The molecule has 8 heteroatoms. The second kappa shape index (κ2) is 9.45. The minimum absolute atomic E-state index is 0.206. The second-order valence-electron chi connectivity index (χ2n) is 5.53. The molecule has 8 nitrogen and oxygen atoms in total. The summed E-state index contributed by atoms with van der Waals surface area (Å²) in [5, 5.41) is 9.11. The van der Waals surface area contributed by atoms with E-state index in [2.05, 4.69) is 25.9 Å². The minimum atomic E-state index is -0.206. The number of aromatic nitrogens is 2. The fourth-order valence-corrected chi connectivity index (χ4v) is 2.31. The van der Waals surface area contributed by atoms with Crippen LogP contribution >= 0.6 is 0 Å². The van der Waals surface area contributed by atoms with Crippen molar-refractivity contribution in [2.45, 2.75) is 13.8 Å². The zero-order valence-electron chi connectivity index (χ0n) is 15.5. The van der Waals surface area contributed by atoms with Gasteiger partial charge in [-0.3, -0.25) is 4.79 Å². The Morgan fingerprint density at radius 3 is 2.31 bits per heavy atom. The van der Waals surface area contributed by atoms with Crippen LogP contribution < -0.4 is 25.4 Å². The van der Waals surface area contributed by atoms with Crippen molar-refractivity contribution in [3.05, 3.63) is 35.5 Å². The first kappa shape index (κ1) is 19.3. The van der Waals surface area contributed by atoms with E-state index in [-0.39, 0.29) is 5.91 Å². The predicted octanol–water partition coefficient (Wildman–Crippen LogP) is 2.08. The van der Waals surface area contributed by atoms with Crippen molar-refractivity contribution < 1.29 is 14.3 Å². The SMILES string of the molecule is CCNc1cc(C)nc(NCCNC(=O)c2cc(OC)cc(OC)c2)n1. The van der Waals surface area contributed by atoms with Crippen molar-refractivity contribution in [3.63, 3.8) is 0 Å². The first-order valence-electron chi connectivity index (χ1n) is 8.40. The van der Waals surface area contributed by atoms with Gasteiger partial charge in [-0.2, -0.15) is 4.98 Å². The Hall–Kier alpha value is -3.03.